The number of carbonyl (C=O) groups is 1. The standard InChI is InChI=1S/C19H16ClF3N4O2/c20-15-5-1-13(2-6-15)17(28)9-27(18(29)10-26-12-24-11-25-26)16-7-3-14(4-8-16)19(21,22)23/h1-8,11-12,17,28H,9-10H2. The summed E-state index contributed by atoms with van der Waals surface area (Å²) in [4.78, 5) is 17.8. The first kappa shape index (κ1) is 20.8. The number of halogens is 4. The average molecular weight is 425 g/mol. The van der Waals surface area contributed by atoms with E-state index in [4.69, 9.17) is 11.6 Å². The van der Waals surface area contributed by atoms with E-state index in [1.54, 1.807) is 24.3 Å². The van der Waals surface area contributed by atoms with Crippen molar-refractivity contribution in [2.45, 2.75) is 18.8 Å². The van der Waals surface area contributed by atoms with E-state index in [0.717, 1.165) is 12.1 Å². The van der Waals surface area contributed by atoms with Crippen LogP contribution >= 0.6 is 11.6 Å². The summed E-state index contributed by atoms with van der Waals surface area (Å²) in [5.74, 6) is -0.469. The molecule has 0 saturated carbocycles. The van der Waals surface area contributed by atoms with Gasteiger partial charge in [-0.3, -0.25) is 4.79 Å². The molecule has 0 aliphatic rings. The molecule has 3 rings (SSSR count). The van der Waals surface area contributed by atoms with Crippen LogP contribution in [-0.2, 0) is 17.5 Å². The van der Waals surface area contributed by atoms with E-state index in [0.29, 0.717) is 10.6 Å². The Morgan fingerprint density at radius 2 is 1.79 bits per heavy atom. The van der Waals surface area contributed by atoms with E-state index in [9.17, 15) is 23.1 Å². The maximum atomic E-state index is 12.8. The van der Waals surface area contributed by atoms with Crippen LogP contribution in [0.5, 0.6) is 0 Å². The fraction of sp³-hybridized carbons (Fsp3) is 0.211. The second-order valence-corrected chi connectivity index (χ2v) is 6.65. The Kier molecular flexibility index (Phi) is 6.19. The number of rotatable bonds is 6. The van der Waals surface area contributed by atoms with Crippen molar-refractivity contribution in [3.05, 3.63) is 77.3 Å². The molecular formula is C19H16ClF3N4O2. The maximum absolute atomic E-state index is 12.8. The Morgan fingerprint density at radius 1 is 1.14 bits per heavy atom. The van der Waals surface area contributed by atoms with Crippen LogP contribution in [0.25, 0.3) is 0 Å². The molecule has 1 unspecified atom stereocenters. The van der Waals surface area contributed by atoms with Crippen LogP contribution in [0.2, 0.25) is 5.02 Å². The summed E-state index contributed by atoms with van der Waals surface area (Å²) in [6.07, 6.45) is -2.96. The Hall–Kier alpha value is -2.91. The van der Waals surface area contributed by atoms with Gasteiger partial charge in [0.15, 0.2) is 0 Å². The molecule has 0 aliphatic heterocycles. The third-order valence-corrected chi connectivity index (χ3v) is 4.43. The molecule has 10 heteroatoms. The minimum atomic E-state index is -4.49. The quantitative estimate of drug-likeness (QED) is 0.654. The van der Waals surface area contributed by atoms with E-state index in [-0.39, 0.29) is 18.8 Å². The molecule has 0 fully saturated rings. The summed E-state index contributed by atoms with van der Waals surface area (Å²) >= 11 is 5.85. The second kappa shape index (κ2) is 8.62. The van der Waals surface area contributed by atoms with E-state index in [1.165, 1.54) is 34.4 Å². The molecule has 0 saturated heterocycles. The van der Waals surface area contributed by atoms with Gasteiger partial charge in [-0.2, -0.15) is 18.3 Å². The second-order valence-electron chi connectivity index (χ2n) is 6.21. The third-order valence-electron chi connectivity index (χ3n) is 4.18. The highest BCUT2D eigenvalue weighted by molar-refractivity contribution is 6.30. The van der Waals surface area contributed by atoms with Gasteiger partial charge in [-0.05, 0) is 42.0 Å². The van der Waals surface area contributed by atoms with Gasteiger partial charge >= 0.3 is 6.18 Å². The van der Waals surface area contributed by atoms with Crippen LogP contribution in [0.4, 0.5) is 18.9 Å². The van der Waals surface area contributed by atoms with E-state index >= 15 is 0 Å². The summed E-state index contributed by atoms with van der Waals surface area (Å²) in [6, 6.07) is 10.6. The number of alkyl halides is 3. The number of hydrogen-bond donors (Lipinski definition) is 1. The third kappa shape index (κ3) is 5.33. The minimum absolute atomic E-state index is 0.166. The fourth-order valence-electron chi connectivity index (χ4n) is 2.68. The Balaban J connectivity index is 1.86. The molecule has 0 bridgehead atoms. The molecule has 0 spiro atoms. The lowest BCUT2D eigenvalue weighted by molar-refractivity contribution is -0.137. The molecule has 2 aromatic carbocycles. The zero-order chi connectivity index (χ0) is 21.0. The first-order valence-electron chi connectivity index (χ1n) is 8.47. The lowest BCUT2D eigenvalue weighted by Crippen LogP contribution is -2.37. The number of aliphatic hydroxyl groups is 1. The highest BCUT2D eigenvalue weighted by Gasteiger charge is 2.30. The number of benzene rings is 2. The number of aromatic nitrogens is 3. The van der Waals surface area contributed by atoms with Gasteiger partial charge in [0, 0.05) is 10.7 Å². The Bertz CT molecular complexity index is 945. The molecule has 6 nitrogen and oxygen atoms in total. The highest BCUT2D eigenvalue weighted by atomic mass is 35.5. The predicted molar refractivity (Wildman–Crippen MR) is 100 cm³/mol. The van der Waals surface area contributed by atoms with Crippen LogP contribution in [0.1, 0.15) is 17.2 Å². The largest absolute Gasteiger partial charge is 0.416 e. The van der Waals surface area contributed by atoms with Crippen LogP contribution in [0.15, 0.2) is 61.2 Å². The molecule has 1 N–H and O–H groups in total. The summed E-state index contributed by atoms with van der Waals surface area (Å²) in [6.45, 7) is -0.352. The topological polar surface area (TPSA) is 71.2 Å². The SMILES string of the molecule is O=C(Cn1cncn1)N(CC(O)c1ccc(Cl)cc1)c1ccc(C(F)(F)F)cc1. The zero-order valence-electron chi connectivity index (χ0n) is 14.9. The van der Waals surface area contributed by atoms with Crippen molar-refractivity contribution in [3.8, 4) is 0 Å². The van der Waals surface area contributed by atoms with Crippen LogP contribution in [-0.4, -0.2) is 32.3 Å². The Morgan fingerprint density at radius 3 is 2.34 bits per heavy atom. The first-order chi connectivity index (χ1) is 13.7. The molecule has 0 radical (unpaired) electrons. The normalized spacial score (nSPS) is 12.6. The average Bonchev–Trinajstić information content (AvgIpc) is 3.19. The number of carbonyl (C=O) groups excluding carboxylic acids is 1. The number of aliphatic hydroxyl groups excluding tert-OH is 1. The van der Waals surface area contributed by atoms with Crippen molar-refractivity contribution in [1.29, 1.82) is 0 Å². The maximum Gasteiger partial charge on any atom is 0.416 e. The summed E-state index contributed by atoms with van der Waals surface area (Å²) in [5.41, 5.74) is -0.0980. The number of amides is 1. The lowest BCUT2D eigenvalue weighted by atomic mass is 10.1. The van der Waals surface area contributed by atoms with Gasteiger partial charge in [-0.25, -0.2) is 9.67 Å². The van der Waals surface area contributed by atoms with Crippen LogP contribution in [0, 0.1) is 0 Å². The van der Waals surface area contributed by atoms with Gasteiger partial charge in [0.2, 0.25) is 5.91 Å². The van der Waals surface area contributed by atoms with Gasteiger partial charge in [0.1, 0.15) is 19.2 Å². The van der Waals surface area contributed by atoms with Crippen molar-refractivity contribution in [2.75, 3.05) is 11.4 Å². The molecule has 1 amide bonds. The van der Waals surface area contributed by atoms with Crippen molar-refractivity contribution in [3.63, 3.8) is 0 Å². The molecule has 1 atom stereocenters. The molecule has 152 valence electrons. The molecule has 0 aliphatic carbocycles. The van der Waals surface area contributed by atoms with Crippen molar-refractivity contribution < 1.29 is 23.1 Å². The molecular weight excluding hydrogens is 409 g/mol. The molecule has 1 aromatic heterocycles. The number of anilines is 1. The Labute approximate surface area is 169 Å². The predicted octanol–water partition coefficient (Wildman–Crippen LogP) is 3.72. The van der Waals surface area contributed by atoms with E-state index in [2.05, 4.69) is 10.1 Å². The molecule has 1 heterocycles. The van der Waals surface area contributed by atoms with E-state index < -0.39 is 23.8 Å². The van der Waals surface area contributed by atoms with E-state index in [1.807, 2.05) is 0 Å². The summed E-state index contributed by atoms with van der Waals surface area (Å²) in [7, 11) is 0. The summed E-state index contributed by atoms with van der Waals surface area (Å²) < 4.78 is 39.8. The lowest BCUT2D eigenvalue weighted by Gasteiger charge is -2.26. The zero-order valence-corrected chi connectivity index (χ0v) is 15.7. The van der Waals surface area contributed by atoms with Crippen LogP contribution < -0.4 is 4.90 Å². The summed E-state index contributed by atoms with van der Waals surface area (Å²) in [5, 5.41) is 14.9. The van der Waals surface area contributed by atoms with Gasteiger partial charge in [0.25, 0.3) is 0 Å². The van der Waals surface area contributed by atoms with Gasteiger partial charge in [0.05, 0.1) is 18.2 Å². The molecule has 29 heavy (non-hydrogen) atoms. The first-order valence-corrected chi connectivity index (χ1v) is 8.85. The van der Waals surface area contributed by atoms with Crippen molar-refractivity contribution in [1.82, 2.24) is 14.8 Å². The van der Waals surface area contributed by atoms with Crippen molar-refractivity contribution >= 4 is 23.2 Å². The van der Waals surface area contributed by atoms with Gasteiger partial charge in [-0.1, -0.05) is 23.7 Å². The van der Waals surface area contributed by atoms with Gasteiger partial charge < -0.3 is 10.0 Å². The fourth-order valence-corrected chi connectivity index (χ4v) is 2.81. The van der Waals surface area contributed by atoms with Crippen molar-refractivity contribution in [2.24, 2.45) is 0 Å². The highest BCUT2D eigenvalue weighted by Crippen LogP contribution is 2.31. The van der Waals surface area contributed by atoms with Crippen LogP contribution in [0.3, 0.4) is 0 Å². The van der Waals surface area contributed by atoms with Gasteiger partial charge in [-0.15, -0.1) is 0 Å². The monoisotopic (exact) mass is 424 g/mol. The minimum Gasteiger partial charge on any atom is -0.387 e. The number of hydrogen-bond acceptors (Lipinski definition) is 4. The molecule has 3 aromatic rings. The number of nitrogens with zero attached hydrogens (tertiary/aromatic N) is 4. The smallest absolute Gasteiger partial charge is 0.387 e.